The fourth-order valence-corrected chi connectivity index (χ4v) is 3.62. The minimum absolute atomic E-state index is 0.276. The normalized spacial score (nSPS) is 18.1. The Morgan fingerprint density at radius 1 is 1.19 bits per heavy atom. The third kappa shape index (κ3) is 3.75. The number of piperidine rings is 1. The average molecular weight is 373 g/mol. The van der Waals surface area contributed by atoms with Crippen molar-refractivity contribution in [1.82, 2.24) is 20.0 Å². The first kappa shape index (κ1) is 17.8. The predicted molar refractivity (Wildman–Crippen MR) is 98.3 cm³/mol. The van der Waals surface area contributed by atoms with Crippen molar-refractivity contribution < 1.29 is 13.3 Å². The van der Waals surface area contributed by atoms with Gasteiger partial charge in [-0.1, -0.05) is 11.6 Å². The maximum Gasteiger partial charge on any atom is 0.263 e. The van der Waals surface area contributed by atoms with Gasteiger partial charge in [0, 0.05) is 30.8 Å². The second-order valence-corrected chi connectivity index (χ2v) is 6.90. The fraction of sp³-hybridized carbons (Fsp3) is 0.421. The smallest absolute Gasteiger partial charge is 0.263 e. The van der Waals surface area contributed by atoms with E-state index in [4.69, 9.17) is 4.52 Å². The molecule has 1 aliphatic heterocycles. The van der Waals surface area contributed by atoms with E-state index >= 15 is 0 Å². The molecule has 0 unspecified atom stereocenters. The van der Waals surface area contributed by atoms with Crippen molar-refractivity contribution in [2.24, 2.45) is 0 Å². The van der Waals surface area contributed by atoms with E-state index in [1.807, 2.05) is 0 Å². The maximum absolute atomic E-state index is 13.6. The molecule has 1 fully saturated rings. The number of nitrogens with zero attached hydrogens (tertiary/aromatic N) is 4. The lowest BCUT2D eigenvalue weighted by Gasteiger charge is -2.33. The van der Waals surface area contributed by atoms with E-state index in [2.05, 4.69) is 32.3 Å². The van der Waals surface area contributed by atoms with Gasteiger partial charge in [0.2, 0.25) is 0 Å². The largest absolute Gasteiger partial charge is 0.368 e. The molecule has 3 aromatic rings. The lowest BCUT2D eigenvalue weighted by atomic mass is 10.0. The zero-order valence-electron chi connectivity index (χ0n) is 15.1. The van der Waals surface area contributed by atoms with E-state index in [-0.39, 0.29) is 11.3 Å². The van der Waals surface area contributed by atoms with Crippen LogP contribution in [0.15, 0.2) is 29.0 Å². The Labute approximate surface area is 155 Å². The van der Waals surface area contributed by atoms with Crippen molar-refractivity contribution in [2.75, 3.05) is 25.0 Å². The molecule has 8 heteroatoms. The van der Waals surface area contributed by atoms with Gasteiger partial charge in [-0.05, 0) is 38.4 Å². The van der Waals surface area contributed by atoms with Gasteiger partial charge < -0.3 is 9.84 Å². The summed E-state index contributed by atoms with van der Waals surface area (Å²) in [6.45, 7) is 4.93. The van der Waals surface area contributed by atoms with Gasteiger partial charge >= 0.3 is 0 Å². The first-order valence-electron chi connectivity index (χ1n) is 9.16. The van der Waals surface area contributed by atoms with E-state index in [0.717, 1.165) is 19.2 Å². The Kier molecular flexibility index (Phi) is 4.98. The monoisotopic (exact) mass is 373 g/mol. The molecule has 27 heavy (non-hydrogen) atoms. The average Bonchev–Trinajstić information content (AvgIpc) is 3.07. The van der Waals surface area contributed by atoms with E-state index in [9.17, 15) is 8.78 Å². The Balaban J connectivity index is 1.58. The van der Waals surface area contributed by atoms with Crippen molar-refractivity contribution >= 4 is 16.9 Å². The molecule has 0 amide bonds. The highest BCUT2D eigenvalue weighted by Gasteiger charge is 2.20. The number of hydrogen-bond donors (Lipinski definition) is 1. The molecule has 0 spiro atoms. The summed E-state index contributed by atoms with van der Waals surface area (Å²) in [5.74, 6) is -0.802. The number of rotatable bonds is 5. The second kappa shape index (κ2) is 7.56. The lowest BCUT2D eigenvalue weighted by molar-refractivity contribution is 0.167. The van der Waals surface area contributed by atoms with E-state index in [0.29, 0.717) is 29.5 Å². The molecule has 1 atom stereocenters. The van der Waals surface area contributed by atoms with Crippen molar-refractivity contribution in [3.05, 3.63) is 36.2 Å². The Bertz CT molecular complexity index is 925. The minimum atomic E-state index is -0.674. The Morgan fingerprint density at radius 2 is 2.00 bits per heavy atom. The predicted octanol–water partition coefficient (Wildman–Crippen LogP) is 3.85. The molecule has 142 valence electrons. The number of likely N-dealkylation sites (tertiary alicyclic amines) is 1. The Morgan fingerprint density at radius 3 is 2.78 bits per heavy atom. The zero-order valence-corrected chi connectivity index (χ0v) is 15.1. The molecular formula is C19H21F2N5O. The number of halogens is 2. The van der Waals surface area contributed by atoms with E-state index in [1.54, 1.807) is 0 Å². The van der Waals surface area contributed by atoms with E-state index < -0.39 is 11.6 Å². The summed E-state index contributed by atoms with van der Waals surface area (Å²) in [6.07, 6.45) is 5.11. The topological polar surface area (TPSA) is 67.1 Å². The third-order valence-electron chi connectivity index (χ3n) is 5.04. The van der Waals surface area contributed by atoms with Gasteiger partial charge in [0.25, 0.3) is 5.71 Å². The number of anilines is 1. The van der Waals surface area contributed by atoms with Crippen LogP contribution in [0.3, 0.4) is 0 Å². The van der Waals surface area contributed by atoms with Crippen molar-refractivity contribution in [3.63, 3.8) is 0 Å². The second-order valence-electron chi connectivity index (χ2n) is 6.90. The molecule has 1 aliphatic rings. The molecule has 3 heterocycles. The number of nitrogens with one attached hydrogen (secondary N) is 1. The molecule has 1 N–H and O–H groups in total. The van der Waals surface area contributed by atoms with Gasteiger partial charge in [0.05, 0.1) is 0 Å². The molecule has 0 saturated carbocycles. The molecular weight excluding hydrogens is 352 g/mol. The van der Waals surface area contributed by atoms with Crippen LogP contribution in [-0.2, 0) is 0 Å². The lowest BCUT2D eigenvalue weighted by Crippen LogP contribution is -2.40. The van der Waals surface area contributed by atoms with Crippen LogP contribution in [0, 0.1) is 11.6 Å². The van der Waals surface area contributed by atoms with Crippen LogP contribution in [0.25, 0.3) is 22.4 Å². The first-order chi connectivity index (χ1) is 13.1. The van der Waals surface area contributed by atoms with Gasteiger partial charge in [-0.15, -0.1) is 0 Å². The van der Waals surface area contributed by atoms with Gasteiger partial charge in [-0.2, -0.15) is 4.98 Å². The summed E-state index contributed by atoms with van der Waals surface area (Å²) >= 11 is 0. The summed E-state index contributed by atoms with van der Waals surface area (Å²) in [5, 5.41) is 7.78. The summed E-state index contributed by atoms with van der Waals surface area (Å²) in [6, 6.07) is 3.83. The standard InChI is InChI=1S/C19H21F2N5O/c1-12-4-2-3-6-26(12)7-5-22-18-16-17(25-27-19(16)24-11-23-18)13-8-14(20)10-15(21)9-13/h8-12H,2-7H2,1H3,(H,22,23,24)/t12-/m0/s1. The van der Waals surface area contributed by atoms with Gasteiger partial charge in [-0.25, -0.2) is 13.8 Å². The van der Waals surface area contributed by atoms with Gasteiger partial charge in [-0.3, -0.25) is 4.90 Å². The first-order valence-corrected chi connectivity index (χ1v) is 9.16. The van der Waals surface area contributed by atoms with Crippen molar-refractivity contribution in [3.8, 4) is 11.3 Å². The SMILES string of the molecule is C[C@H]1CCCCN1CCNc1ncnc2onc(-c3cc(F)cc(F)c3)c12. The Hall–Kier alpha value is -2.61. The molecule has 1 aromatic carbocycles. The molecule has 0 aliphatic carbocycles. The number of benzene rings is 1. The number of hydrogen-bond acceptors (Lipinski definition) is 6. The highest BCUT2D eigenvalue weighted by Crippen LogP contribution is 2.32. The summed E-state index contributed by atoms with van der Waals surface area (Å²) in [7, 11) is 0. The maximum atomic E-state index is 13.6. The highest BCUT2D eigenvalue weighted by molar-refractivity contribution is 5.97. The molecule has 6 nitrogen and oxygen atoms in total. The van der Waals surface area contributed by atoms with Crippen LogP contribution in [0.1, 0.15) is 26.2 Å². The van der Waals surface area contributed by atoms with Crippen LogP contribution in [-0.4, -0.2) is 45.7 Å². The van der Waals surface area contributed by atoms with Crippen LogP contribution in [0.5, 0.6) is 0 Å². The minimum Gasteiger partial charge on any atom is -0.368 e. The highest BCUT2D eigenvalue weighted by atomic mass is 19.1. The van der Waals surface area contributed by atoms with Gasteiger partial charge in [0.1, 0.15) is 34.9 Å². The fourth-order valence-electron chi connectivity index (χ4n) is 3.62. The molecule has 4 rings (SSSR count). The van der Waals surface area contributed by atoms with Crippen LogP contribution in [0.4, 0.5) is 14.6 Å². The quantitative estimate of drug-likeness (QED) is 0.733. The van der Waals surface area contributed by atoms with Gasteiger partial charge in [0.15, 0.2) is 0 Å². The number of aromatic nitrogens is 3. The number of fused-ring (bicyclic) bond motifs is 1. The summed E-state index contributed by atoms with van der Waals surface area (Å²) in [5.41, 5.74) is 0.880. The van der Waals surface area contributed by atoms with Crippen LogP contribution >= 0.6 is 0 Å². The summed E-state index contributed by atoms with van der Waals surface area (Å²) < 4.78 is 32.5. The van der Waals surface area contributed by atoms with Crippen molar-refractivity contribution in [1.29, 1.82) is 0 Å². The molecule has 0 bridgehead atoms. The summed E-state index contributed by atoms with van der Waals surface area (Å²) in [4.78, 5) is 10.8. The van der Waals surface area contributed by atoms with Crippen molar-refractivity contribution in [2.45, 2.75) is 32.2 Å². The molecule has 1 saturated heterocycles. The van der Waals surface area contributed by atoms with Crippen LogP contribution in [0.2, 0.25) is 0 Å². The molecule has 0 radical (unpaired) electrons. The third-order valence-corrected chi connectivity index (χ3v) is 5.04. The zero-order chi connectivity index (χ0) is 18.8. The molecule has 2 aromatic heterocycles. The van der Waals surface area contributed by atoms with E-state index in [1.165, 1.54) is 37.7 Å². The van der Waals surface area contributed by atoms with Crippen LogP contribution < -0.4 is 5.32 Å².